The van der Waals surface area contributed by atoms with Gasteiger partial charge in [-0.05, 0) is 35.9 Å². The largest absolute Gasteiger partial charge is 0.508 e. The maximum atomic E-state index is 13.0. The third-order valence-electron chi connectivity index (χ3n) is 3.57. The van der Waals surface area contributed by atoms with Crippen LogP contribution in [0, 0.1) is 5.82 Å². The van der Waals surface area contributed by atoms with Crippen molar-refractivity contribution >= 4 is 22.7 Å². The van der Waals surface area contributed by atoms with Crippen molar-refractivity contribution in [2.75, 3.05) is 0 Å². The minimum absolute atomic E-state index is 0.00510. The fraction of sp³-hybridized carbons (Fsp3) is 0.0588. The highest BCUT2D eigenvalue weighted by Gasteiger charge is 2.21. The van der Waals surface area contributed by atoms with Gasteiger partial charge in [-0.15, -0.1) is 0 Å². The molecular weight excluding hydrogens is 301 g/mol. The molecule has 3 aromatic rings. The SMILES string of the molecule is O=C(O)C(=O)c1cn(Cc2ccc(F)cc2)c2ccc(O)cc12. The number of carbonyl (C=O) groups excluding carboxylic acids is 1. The highest BCUT2D eigenvalue weighted by Crippen LogP contribution is 2.26. The lowest BCUT2D eigenvalue weighted by Crippen LogP contribution is -2.12. The van der Waals surface area contributed by atoms with E-state index in [1.54, 1.807) is 22.8 Å². The fourth-order valence-electron chi connectivity index (χ4n) is 2.50. The molecule has 2 aromatic carbocycles. The zero-order valence-electron chi connectivity index (χ0n) is 11.9. The van der Waals surface area contributed by atoms with Crippen LogP contribution in [0.25, 0.3) is 10.9 Å². The Hall–Kier alpha value is -3.15. The van der Waals surface area contributed by atoms with Gasteiger partial charge in [0.05, 0.1) is 5.56 Å². The van der Waals surface area contributed by atoms with E-state index in [-0.39, 0.29) is 17.1 Å². The lowest BCUT2D eigenvalue weighted by atomic mass is 10.1. The summed E-state index contributed by atoms with van der Waals surface area (Å²) in [5, 5.41) is 18.9. The summed E-state index contributed by atoms with van der Waals surface area (Å²) in [6, 6.07) is 10.3. The van der Waals surface area contributed by atoms with Gasteiger partial charge in [0, 0.05) is 23.6 Å². The number of aliphatic carboxylic acids is 1. The summed E-state index contributed by atoms with van der Waals surface area (Å²) in [6.45, 7) is 0.342. The number of ketones is 1. The lowest BCUT2D eigenvalue weighted by molar-refractivity contribution is -0.131. The first-order chi connectivity index (χ1) is 11.0. The van der Waals surface area contributed by atoms with E-state index < -0.39 is 11.8 Å². The third-order valence-corrected chi connectivity index (χ3v) is 3.57. The number of hydrogen-bond donors (Lipinski definition) is 2. The summed E-state index contributed by atoms with van der Waals surface area (Å²) in [5.41, 5.74) is 1.41. The van der Waals surface area contributed by atoms with E-state index in [0.717, 1.165) is 5.56 Å². The van der Waals surface area contributed by atoms with Gasteiger partial charge in [0.1, 0.15) is 11.6 Å². The first kappa shape index (κ1) is 14.8. The molecular formula is C17H12FNO4. The normalized spacial score (nSPS) is 10.8. The summed E-state index contributed by atoms with van der Waals surface area (Å²) in [5.74, 6) is -3.01. The molecule has 0 fully saturated rings. The van der Waals surface area contributed by atoms with E-state index in [4.69, 9.17) is 5.11 Å². The summed E-state index contributed by atoms with van der Waals surface area (Å²) in [7, 11) is 0. The average Bonchev–Trinajstić information content (AvgIpc) is 2.86. The first-order valence-electron chi connectivity index (χ1n) is 6.79. The number of carbonyl (C=O) groups is 2. The number of halogens is 1. The van der Waals surface area contributed by atoms with Crippen LogP contribution in [0.4, 0.5) is 4.39 Å². The Labute approximate surface area is 130 Å². The van der Waals surface area contributed by atoms with Gasteiger partial charge in [-0.3, -0.25) is 4.79 Å². The Morgan fingerprint density at radius 2 is 1.78 bits per heavy atom. The zero-order valence-corrected chi connectivity index (χ0v) is 11.9. The number of rotatable bonds is 4. The minimum atomic E-state index is -1.56. The van der Waals surface area contributed by atoms with Crippen LogP contribution in [0.3, 0.4) is 0 Å². The molecule has 0 bridgehead atoms. The highest BCUT2D eigenvalue weighted by molar-refractivity contribution is 6.42. The molecule has 0 radical (unpaired) electrons. The van der Waals surface area contributed by atoms with E-state index in [2.05, 4.69) is 0 Å². The lowest BCUT2D eigenvalue weighted by Gasteiger charge is -2.05. The van der Waals surface area contributed by atoms with Crippen molar-refractivity contribution in [3.05, 3.63) is 65.6 Å². The molecule has 1 aromatic heterocycles. The molecule has 0 spiro atoms. The number of hydrogen-bond acceptors (Lipinski definition) is 3. The van der Waals surface area contributed by atoms with Crippen molar-refractivity contribution in [1.29, 1.82) is 0 Å². The van der Waals surface area contributed by atoms with E-state index in [1.807, 2.05) is 0 Å². The van der Waals surface area contributed by atoms with Crippen molar-refractivity contribution in [3.8, 4) is 5.75 Å². The second-order valence-electron chi connectivity index (χ2n) is 5.13. The quantitative estimate of drug-likeness (QED) is 0.573. The van der Waals surface area contributed by atoms with Crippen LogP contribution in [-0.2, 0) is 11.3 Å². The Morgan fingerprint density at radius 1 is 1.09 bits per heavy atom. The highest BCUT2D eigenvalue weighted by atomic mass is 19.1. The molecule has 6 heteroatoms. The molecule has 0 saturated heterocycles. The van der Waals surface area contributed by atoms with Gasteiger partial charge < -0.3 is 14.8 Å². The first-order valence-corrected chi connectivity index (χ1v) is 6.79. The molecule has 5 nitrogen and oxygen atoms in total. The average molecular weight is 313 g/mol. The molecule has 23 heavy (non-hydrogen) atoms. The topological polar surface area (TPSA) is 79.5 Å². The summed E-state index contributed by atoms with van der Waals surface area (Å²) >= 11 is 0. The van der Waals surface area contributed by atoms with E-state index >= 15 is 0 Å². The monoisotopic (exact) mass is 313 g/mol. The predicted octanol–water partition coefficient (Wildman–Crippen LogP) is 2.80. The third kappa shape index (κ3) is 2.78. The second kappa shape index (κ2) is 5.57. The van der Waals surface area contributed by atoms with E-state index in [9.17, 15) is 19.1 Å². The maximum Gasteiger partial charge on any atom is 0.377 e. The Bertz CT molecular complexity index is 912. The molecule has 3 rings (SSSR count). The van der Waals surface area contributed by atoms with Gasteiger partial charge in [-0.25, -0.2) is 9.18 Å². The van der Waals surface area contributed by atoms with Crippen molar-refractivity contribution in [3.63, 3.8) is 0 Å². The molecule has 0 unspecified atom stereocenters. The van der Waals surface area contributed by atoms with Crippen LogP contribution in [0.5, 0.6) is 5.75 Å². The van der Waals surface area contributed by atoms with Crippen LogP contribution < -0.4 is 0 Å². The molecule has 116 valence electrons. The number of phenols is 1. The summed E-state index contributed by atoms with van der Waals surface area (Å²) < 4.78 is 14.7. The summed E-state index contributed by atoms with van der Waals surface area (Å²) in [4.78, 5) is 22.8. The van der Waals surface area contributed by atoms with Crippen LogP contribution in [0.15, 0.2) is 48.7 Å². The van der Waals surface area contributed by atoms with Gasteiger partial charge in [-0.2, -0.15) is 0 Å². The Balaban J connectivity index is 2.11. The molecule has 0 aliphatic heterocycles. The number of benzene rings is 2. The maximum absolute atomic E-state index is 13.0. The molecule has 0 aliphatic rings. The number of phenolic OH excluding ortho intramolecular Hbond substituents is 1. The number of carboxylic acids is 1. The number of aromatic nitrogens is 1. The van der Waals surface area contributed by atoms with Crippen molar-refractivity contribution in [2.45, 2.75) is 6.54 Å². The van der Waals surface area contributed by atoms with E-state index in [0.29, 0.717) is 17.4 Å². The molecule has 0 amide bonds. The van der Waals surface area contributed by atoms with Gasteiger partial charge >= 0.3 is 5.97 Å². The molecule has 0 aliphatic carbocycles. The predicted molar refractivity (Wildman–Crippen MR) is 81.1 cm³/mol. The number of Topliss-reactive ketones (excluding diaryl/α,β-unsaturated/α-hetero) is 1. The molecule has 2 N–H and O–H groups in total. The number of carboxylic acid groups (broad SMARTS) is 1. The van der Waals surface area contributed by atoms with Crippen LogP contribution in [-0.4, -0.2) is 26.5 Å². The van der Waals surface area contributed by atoms with Crippen LogP contribution in [0.2, 0.25) is 0 Å². The Morgan fingerprint density at radius 3 is 2.43 bits per heavy atom. The number of aromatic hydroxyl groups is 1. The fourth-order valence-corrected chi connectivity index (χ4v) is 2.50. The van der Waals surface area contributed by atoms with Crippen molar-refractivity contribution < 1.29 is 24.2 Å². The summed E-state index contributed by atoms with van der Waals surface area (Å²) in [6.07, 6.45) is 1.43. The molecule has 1 heterocycles. The second-order valence-corrected chi connectivity index (χ2v) is 5.13. The van der Waals surface area contributed by atoms with Crippen LogP contribution >= 0.6 is 0 Å². The number of nitrogens with zero attached hydrogens (tertiary/aromatic N) is 1. The smallest absolute Gasteiger partial charge is 0.377 e. The van der Waals surface area contributed by atoms with Crippen molar-refractivity contribution in [1.82, 2.24) is 4.57 Å². The van der Waals surface area contributed by atoms with E-state index in [1.165, 1.54) is 30.5 Å². The van der Waals surface area contributed by atoms with Gasteiger partial charge in [-0.1, -0.05) is 12.1 Å². The molecule has 0 atom stereocenters. The Kier molecular flexibility index (Phi) is 3.57. The van der Waals surface area contributed by atoms with Gasteiger partial charge in [0.2, 0.25) is 0 Å². The number of fused-ring (bicyclic) bond motifs is 1. The standard InChI is InChI=1S/C17H12FNO4/c18-11-3-1-10(2-4-11)8-19-9-14(16(21)17(22)23)13-7-12(20)5-6-15(13)19/h1-7,9,20H,8H2,(H,22,23). The molecule has 0 saturated carbocycles. The minimum Gasteiger partial charge on any atom is -0.508 e. The van der Waals surface area contributed by atoms with Crippen molar-refractivity contribution in [2.24, 2.45) is 0 Å². The van der Waals surface area contributed by atoms with Gasteiger partial charge in [0.15, 0.2) is 0 Å². The van der Waals surface area contributed by atoms with Gasteiger partial charge in [0.25, 0.3) is 5.78 Å². The van der Waals surface area contributed by atoms with Crippen LogP contribution in [0.1, 0.15) is 15.9 Å². The zero-order chi connectivity index (χ0) is 16.6.